The maximum absolute atomic E-state index is 10.5. The van der Waals surface area contributed by atoms with Crippen molar-refractivity contribution in [1.82, 2.24) is 10.3 Å². The minimum absolute atomic E-state index is 0.0333. The zero-order chi connectivity index (χ0) is 16.6. The minimum atomic E-state index is 0.0333. The van der Waals surface area contributed by atoms with Gasteiger partial charge in [-0.05, 0) is 40.0 Å². The molecule has 0 aliphatic rings. The number of nitrogens with one attached hydrogen (secondary N) is 1. The van der Waals surface area contributed by atoms with Gasteiger partial charge in [-0.15, -0.1) is 0 Å². The first kappa shape index (κ1) is 19.8. The van der Waals surface area contributed by atoms with Crippen LogP contribution in [0.3, 0.4) is 0 Å². The molecule has 1 heterocycles. The van der Waals surface area contributed by atoms with E-state index in [9.17, 15) is 4.79 Å². The number of hydrogen-bond donors (Lipinski definition) is 1. The topological polar surface area (TPSA) is 65.8 Å². The van der Waals surface area contributed by atoms with Gasteiger partial charge in [0, 0.05) is 37.3 Å². The molecule has 2 rings (SSSR count). The lowest BCUT2D eigenvalue weighted by Gasteiger charge is -2.01. The van der Waals surface area contributed by atoms with Crippen LogP contribution in [-0.4, -0.2) is 17.4 Å². The van der Waals surface area contributed by atoms with Crippen LogP contribution < -0.4 is 5.32 Å². The number of aromatic nitrogens is 1. The second kappa shape index (κ2) is 13.8. The highest BCUT2D eigenvalue weighted by molar-refractivity contribution is 9.10. The van der Waals surface area contributed by atoms with Crippen LogP contribution >= 0.6 is 15.9 Å². The molecule has 0 radical (unpaired) electrons. The van der Waals surface area contributed by atoms with Crippen molar-refractivity contribution < 1.29 is 4.79 Å². The summed E-state index contributed by atoms with van der Waals surface area (Å²) in [6.45, 7) is 3.68. The van der Waals surface area contributed by atoms with Gasteiger partial charge in [0.25, 0.3) is 0 Å². The number of pyridine rings is 1. The van der Waals surface area contributed by atoms with Gasteiger partial charge < -0.3 is 5.32 Å². The zero-order valence-corrected chi connectivity index (χ0v) is 14.4. The smallest absolute Gasteiger partial charge is 0.216 e. The van der Waals surface area contributed by atoms with Gasteiger partial charge in [0.15, 0.2) is 0 Å². The molecule has 0 aliphatic carbocycles. The van der Waals surface area contributed by atoms with Crippen LogP contribution in [0.4, 0.5) is 0 Å². The van der Waals surface area contributed by atoms with Crippen molar-refractivity contribution in [1.29, 1.82) is 5.26 Å². The molecule has 0 unspecified atom stereocenters. The lowest BCUT2D eigenvalue weighted by molar-refractivity contribution is -0.118. The predicted molar refractivity (Wildman–Crippen MR) is 92.1 cm³/mol. The van der Waals surface area contributed by atoms with Crippen molar-refractivity contribution in [3.05, 3.63) is 64.9 Å². The average Bonchev–Trinajstić information content (AvgIpc) is 2.50. The molecule has 0 aliphatic heterocycles. The molecule has 4 nitrogen and oxygen atoms in total. The predicted octanol–water partition coefficient (Wildman–Crippen LogP) is 3.74. The van der Waals surface area contributed by atoms with Gasteiger partial charge in [-0.1, -0.05) is 30.3 Å². The van der Waals surface area contributed by atoms with E-state index in [1.54, 1.807) is 18.5 Å². The molecule has 1 N–H and O–H groups in total. The highest BCUT2D eigenvalue weighted by Crippen LogP contribution is 2.03. The van der Waals surface area contributed by atoms with E-state index in [-0.39, 0.29) is 5.91 Å². The Hall–Kier alpha value is -2.19. The van der Waals surface area contributed by atoms with Gasteiger partial charge in [0.2, 0.25) is 5.91 Å². The largest absolute Gasteiger partial charge is 0.356 e. The molecule has 1 amide bonds. The van der Waals surface area contributed by atoms with E-state index >= 15 is 0 Å². The fourth-order valence-electron chi connectivity index (χ4n) is 1.37. The first-order valence-corrected chi connectivity index (χ1v) is 7.54. The monoisotopic (exact) mass is 361 g/mol. The van der Waals surface area contributed by atoms with Gasteiger partial charge in [-0.3, -0.25) is 9.78 Å². The van der Waals surface area contributed by atoms with Crippen molar-refractivity contribution in [2.45, 2.75) is 20.3 Å². The maximum Gasteiger partial charge on any atom is 0.216 e. The Balaban J connectivity index is 0.000000372. The summed E-state index contributed by atoms with van der Waals surface area (Å²) in [6, 6.07) is 15.7. The van der Waals surface area contributed by atoms with Crippen LogP contribution in [0, 0.1) is 11.3 Å². The zero-order valence-electron chi connectivity index (χ0n) is 12.8. The number of carbonyl (C=O) groups excluding carboxylic acids is 1. The standard InChI is InChI=1S/C10H13NO.C5H4BrN.C2H3N/c1-9(12)11-8-7-10-5-3-2-4-6-10;6-5-2-1-3-7-4-5;1-2-3/h2-6H,7-8H2,1H3,(H,11,12);1-4H;1H3. The third-order valence-electron chi connectivity index (χ3n) is 2.26. The molecule has 1 aromatic heterocycles. The van der Waals surface area contributed by atoms with Crippen LogP contribution in [-0.2, 0) is 11.2 Å². The summed E-state index contributed by atoms with van der Waals surface area (Å²) >= 11 is 3.25. The average molecular weight is 362 g/mol. The number of hydrogen-bond acceptors (Lipinski definition) is 3. The van der Waals surface area contributed by atoms with Gasteiger partial charge in [-0.25, -0.2) is 0 Å². The van der Waals surface area contributed by atoms with Crippen LogP contribution in [0.1, 0.15) is 19.4 Å². The number of carbonyl (C=O) groups is 1. The van der Waals surface area contributed by atoms with Crippen molar-refractivity contribution in [3.8, 4) is 6.07 Å². The number of halogens is 1. The second-order valence-electron chi connectivity index (χ2n) is 4.11. The van der Waals surface area contributed by atoms with Gasteiger partial charge in [0.1, 0.15) is 0 Å². The SMILES string of the molecule is Brc1cccnc1.CC#N.CC(=O)NCCc1ccccc1. The summed E-state index contributed by atoms with van der Waals surface area (Å²) in [5.74, 6) is 0.0333. The lowest BCUT2D eigenvalue weighted by atomic mass is 10.1. The number of amides is 1. The Morgan fingerprint density at radius 1 is 1.27 bits per heavy atom. The van der Waals surface area contributed by atoms with E-state index in [0.717, 1.165) is 17.4 Å². The molecule has 0 atom stereocenters. The van der Waals surface area contributed by atoms with E-state index < -0.39 is 0 Å². The molecular weight excluding hydrogens is 342 g/mol. The third kappa shape index (κ3) is 12.8. The summed E-state index contributed by atoms with van der Waals surface area (Å²) in [5.41, 5.74) is 1.26. The lowest BCUT2D eigenvalue weighted by Crippen LogP contribution is -2.22. The van der Waals surface area contributed by atoms with E-state index in [1.807, 2.05) is 30.3 Å². The molecule has 0 saturated heterocycles. The van der Waals surface area contributed by atoms with Crippen LogP contribution in [0.25, 0.3) is 0 Å². The molecule has 0 spiro atoms. The van der Waals surface area contributed by atoms with E-state index in [4.69, 9.17) is 5.26 Å². The minimum Gasteiger partial charge on any atom is -0.356 e. The van der Waals surface area contributed by atoms with Gasteiger partial charge >= 0.3 is 0 Å². The summed E-state index contributed by atoms with van der Waals surface area (Å²) in [7, 11) is 0. The molecule has 2 aromatic rings. The fraction of sp³-hybridized carbons (Fsp3) is 0.235. The maximum atomic E-state index is 10.5. The number of benzene rings is 1. The Morgan fingerprint density at radius 3 is 2.32 bits per heavy atom. The van der Waals surface area contributed by atoms with Crippen molar-refractivity contribution in [3.63, 3.8) is 0 Å². The molecule has 1 aromatic carbocycles. The third-order valence-corrected chi connectivity index (χ3v) is 2.72. The summed E-state index contributed by atoms with van der Waals surface area (Å²) in [6.07, 6.45) is 4.39. The summed E-state index contributed by atoms with van der Waals surface area (Å²) in [4.78, 5) is 14.4. The van der Waals surface area contributed by atoms with Gasteiger partial charge in [0.05, 0.1) is 6.07 Å². The van der Waals surface area contributed by atoms with E-state index in [1.165, 1.54) is 19.4 Å². The highest BCUT2D eigenvalue weighted by atomic mass is 79.9. The molecule has 22 heavy (non-hydrogen) atoms. The van der Waals surface area contributed by atoms with Crippen molar-refractivity contribution >= 4 is 21.8 Å². The fourth-order valence-corrected chi connectivity index (χ4v) is 1.64. The first-order chi connectivity index (χ1) is 10.6. The van der Waals surface area contributed by atoms with Crippen LogP contribution in [0.5, 0.6) is 0 Å². The Labute approximate surface area is 140 Å². The molecule has 0 saturated carbocycles. The van der Waals surface area contributed by atoms with Gasteiger partial charge in [-0.2, -0.15) is 5.26 Å². The number of nitrogens with zero attached hydrogens (tertiary/aromatic N) is 2. The normalized spacial score (nSPS) is 8.27. The van der Waals surface area contributed by atoms with Crippen molar-refractivity contribution in [2.75, 3.05) is 6.54 Å². The Kier molecular flexibility index (Phi) is 12.4. The quantitative estimate of drug-likeness (QED) is 0.905. The molecule has 0 bridgehead atoms. The highest BCUT2D eigenvalue weighted by Gasteiger charge is 1.92. The number of nitriles is 1. The van der Waals surface area contributed by atoms with Crippen molar-refractivity contribution in [2.24, 2.45) is 0 Å². The molecule has 5 heteroatoms. The Bertz CT molecular complexity index is 553. The molecule has 116 valence electrons. The van der Waals surface area contributed by atoms with Crippen LogP contribution in [0.15, 0.2) is 59.3 Å². The summed E-state index contributed by atoms with van der Waals surface area (Å²) < 4.78 is 1.02. The molecule has 0 fully saturated rings. The first-order valence-electron chi connectivity index (χ1n) is 6.74. The van der Waals surface area contributed by atoms with E-state index in [2.05, 4.69) is 38.4 Å². The summed E-state index contributed by atoms with van der Waals surface area (Å²) in [5, 5.41) is 10.1. The van der Waals surface area contributed by atoms with Crippen LogP contribution in [0.2, 0.25) is 0 Å². The Morgan fingerprint density at radius 2 is 1.91 bits per heavy atom. The van der Waals surface area contributed by atoms with E-state index in [0.29, 0.717) is 0 Å². The number of rotatable bonds is 3. The second-order valence-corrected chi connectivity index (χ2v) is 5.03. The molecular formula is C17H20BrN3O.